The van der Waals surface area contributed by atoms with Crippen molar-refractivity contribution in [2.45, 2.75) is 43.7 Å². The molecule has 6 rings (SSSR count). The van der Waals surface area contributed by atoms with Crippen molar-refractivity contribution >= 4 is 45.7 Å². The third-order valence-electron chi connectivity index (χ3n) is 6.68. The lowest BCUT2D eigenvalue weighted by molar-refractivity contribution is -0.0712. The Morgan fingerprint density at radius 2 is 1.79 bits per heavy atom. The number of halogens is 3. The Morgan fingerprint density at radius 3 is 2.45 bits per heavy atom. The van der Waals surface area contributed by atoms with E-state index < -0.39 is 0 Å². The van der Waals surface area contributed by atoms with Crippen LogP contribution in [0.4, 0.5) is 16.0 Å². The van der Waals surface area contributed by atoms with Gasteiger partial charge in [-0.1, -0.05) is 23.2 Å². The molecule has 1 aromatic carbocycles. The fourth-order valence-electron chi connectivity index (χ4n) is 4.58. The number of hydrogen-bond acceptors (Lipinski definition) is 6. The second kappa shape index (κ2) is 9.70. The van der Waals surface area contributed by atoms with Gasteiger partial charge >= 0.3 is 0 Å². The van der Waals surface area contributed by atoms with Crippen molar-refractivity contribution < 1.29 is 9.13 Å². The molecule has 1 saturated carbocycles. The SMILES string of the molecule is CF.Clc1cc2cnc(Nc3cnn(C4CC4)c3Cl)nc2cc1C1CCN(C2COC2)CC1. The Bertz CT molecular complexity index is 1130. The highest BCUT2D eigenvalue weighted by atomic mass is 35.5. The van der Waals surface area contributed by atoms with E-state index >= 15 is 0 Å². The van der Waals surface area contributed by atoms with Gasteiger partial charge in [0.15, 0.2) is 5.15 Å². The van der Waals surface area contributed by atoms with Crippen molar-refractivity contribution in [2.24, 2.45) is 0 Å². The lowest BCUT2D eigenvalue weighted by Gasteiger charge is -2.41. The maximum atomic E-state index is 9.50. The van der Waals surface area contributed by atoms with Crippen molar-refractivity contribution in [3.8, 4) is 0 Å². The molecule has 0 radical (unpaired) electrons. The summed E-state index contributed by atoms with van der Waals surface area (Å²) in [5, 5.41) is 9.95. The molecular weight excluding hydrogens is 466 g/mol. The van der Waals surface area contributed by atoms with Crippen molar-refractivity contribution in [3.05, 3.63) is 40.3 Å². The number of rotatable bonds is 5. The van der Waals surface area contributed by atoms with Gasteiger partial charge in [-0.2, -0.15) is 5.10 Å². The number of fused-ring (bicyclic) bond motifs is 1. The van der Waals surface area contributed by atoms with Crippen LogP contribution in [-0.4, -0.2) is 64.2 Å². The zero-order valence-corrected chi connectivity index (χ0v) is 20.0. The van der Waals surface area contributed by atoms with Gasteiger partial charge < -0.3 is 10.1 Å². The number of benzene rings is 1. The van der Waals surface area contributed by atoms with Gasteiger partial charge in [0.25, 0.3) is 0 Å². The summed E-state index contributed by atoms with van der Waals surface area (Å²) in [6.45, 7) is 3.93. The molecule has 176 valence electrons. The first-order valence-electron chi connectivity index (χ1n) is 11.3. The maximum absolute atomic E-state index is 9.50. The fourth-order valence-corrected chi connectivity index (χ4v) is 5.18. The number of alkyl halides is 1. The van der Waals surface area contributed by atoms with Crippen LogP contribution in [0, 0.1) is 0 Å². The van der Waals surface area contributed by atoms with E-state index in [2.05, 4.69) is 26.4 Å². The van der Waals surface area contributed by atoms with Crippen molar-refractivity contribution in [2.75, 3.05) is 38.8 Å². The molecule has 1 aliphatic carbocycles. The first kappa shape index (κ1) is 22.8. The first-order valence-corrected chi connectivity index (χ1v) is 12.1. The van der Waals surface area contributed by atoms with Gasteiger partial charge in [-0.25, -0.2) is 14.6 Å². The Kier molecular flexibility index (Phi) is 6.69. The molecule has 0 amide bonds. The topological polar surface area (TPSA) is 68.1 Å². The molecule has 3 aromatic rings. The van der Waals surface area contributed by atoms with Crippen LogP contribution in [-0.2, 0) is 4.74 Å². The van der Waals surface area contributed by atoms with E-state index in [1.54, 1.807) is 12.4 Å². The predicted octanol–water partition coefficient (Wildman–Crippen LogP) is 5.38. The third-order valence-corrected chi connectivity index (χ3v) is 7.38. The van der Waals surface area contributed by atoms with E-state index in [9.17, 15) is 4.39 Å². The molecule has 2 aromatic heterocycles. The van der Waals surface area contributed by atoms with Crippen LogP contribution in [0.2, 0.25) is 10.2 Å². The third kappa shape index (κ3) is 4.67. The van der Waals surface area contributed by atoms with Crippen LogP contribution in [0.1, 0.15) is 43.2 Å². The average molecular weight is 493 g/mol. The van der Waals surface area contributed by atoms with E-state index in [1.807, 2.05) is 10.7 Å². The molecule has 2 saturated heterocycles. The molecule has 3 fully saturated rings. The van der Waals surface area contributed by atoms with Crippen LogP contribution < -0.4 is 5.32 Å². The van der Waals surface area contributed by atoms with E-state index in [1.165, 1.54) is 5.56 Å². The number of nitrogens with one attached hydrogen (secondary N) is 1. The second-order valence-electron chi connectivity index (χ2n) is 8.78. The van der Waals surface area contributed by atoms with Crippen LogP contribution in [0.25, 0.3) is 10.9 Å². The highest BCUT2D eigenvalue weighted by molar-refractivity contribution is 6.32. The van der Waals surface area contributed by atoms with Gasteiger partial charge in [-0.05, 0) is 62.4 Å². The number of likely N-dealkylation sites (tertiary alicyclic amines) is 1. The highest BCUT2D eigenvalue weighted by Gasteiger charge is 2.31. The summed E-state index contributed by atoms with van der Waals surface area (Å²) >= 11 is 13.1. The number of hydrogen-bond donors (Lipinski definition) is 1. The summed E-state index contributed by atoms with van der Waals surface area (Å²) in [4.78, 5) is 11.7. The van der Waals surface area contributed by atoms with E-state index in [0.29, 0.717) is 36.3 Å². The predicted molar refractivity (Wildman–Crippen MR) is 129 cm³/mol. The quantitative estimate of drug-likeness (QED) is 0.515. The second-order valence-corrected chi connectivity index (χ2v) is 9.54. The minimum atomic E-state index is 0.425. The Labute approximate surface area is 202 Å². The van der Waals surface area contributed by atoms with Crippen LogP contribution in [0.3, 0.4) is 0 Å². The van der Waals surface area contributed by atoms with E-state index in [-0.39, 0.29) is 0 Å². The normalized spacial score (nSPS) is 19.8. The Morgan fingerprint density at radius 1 is 1.03 bits per heavy atom. The molecule has 1 N–H and O–H groups in total. The zero-order chi connectivity index (χ0) is 22.9. The molecule has 0 bridgehead atoms. The first-order chi connectivity index (χ1) is 16.2. The molecule has 0 atom stereocenters. The van der Waals surface area contributed by atoms with Gasteiger partial charge in [0.05, 0.1) is 49.9 Å². The van der Waals surface area contributed by atoms with Crippen LogP contribution in [0.5, 0.6) is 0 Å². The van der Waals surface area contributed by atoms with Gasteiger partial charge in [0.2, 0.25) is 5.95 Å². The minimum absolute atomic E-state index is 0.425. The lowest BCUT2D eigenvalue weighted by atomic mass is 9.88. The van der Waals surface area contributed by atoms with Gasteiger partial charge in [-0.15, -0.1) is 0 Å². The van der Waals surface area contributed by atoms with E-state index in [0.717, 1.165) is 73.6 Å². The maximum Gasteiger partial charge on any atom is 0.227 e. The molecule has 0 unspecified atom stereocenters. The van der Waals surface area contributed by atoms with Crippen molar-refractivity contribution in [1.29, 1.82) is 0 Å². The molecule has 10 heteroatoms. The summed E-state index contributed by atoms with van der Waals surface area (Å²) in [6.07, 6.45) is 8.01. The van der Waals surface area contributed by atoms with Gasteiger partial charge in [0.1, 0.15) is 0 Å². The summed E-state index contributed by atoms with van der Waals surface area (Å²) in [5.74, 6) is 0.963. The molecular formula is C23H27Cl2FN6O. The average Bonchev–Trinajstić information content (AvgIpc) is 3.58. The van der Waals surface area contributed by atoms with Crippen molar-refractivity contribution in [1.82, 2.24) is 24.6 Å². The fraction of sp³-hybridized carbons (Fsp3) is 0.522. The Hall–Kier alpha value is -2.00. The summed E-state index contributed by atoms with van der Waals surface area (Å²) < 4.78 is 16.7. The van der Waals surface area contributed by atoms with Gasteiger partial charge in [-0.3, -0.25) is 9.29 Å². The lowest BCUT2D eigenvalue weighted by Crippen LogP contribution is -2.51. The smallest absolute Gasteiger partial charge is 0.227 e. The minimum Gasteiger partial charge on any atom is -0.378 e. The largest absolute Gasteiger partial charge is 0.378 e. The van der Waals surface area contributed by atoms with Crippen LogP contribution in [0.15, 0.2) is 24.5 Å². The standard InChI is InChI=1S/C22H24Cl2N6O.CH3F/c23-18-7-14-9-25-22(28-20-10-26-30(21(20)24)15-1-2-15)27-19(14)8-17(18)13-3-5-29(6-4-13)16-11-31-12-16;1-2/h7-10,13,15-16H,1-6,11-12H2,(H,25,27,28);1H3. The van der Waals surface area contributed by atoms with Crippen LogP contribution >= 0.6 is 23.2 Å². The molecule has 0 spiro atoms. The molecule has 2 aliphatic heterocycles. The summed E-state index contributed by atoms with van der Waals surface area (Å²) in [7, 11) is 0.500. The number of ether oxygens (including phenoxy) is 1. The van der Waals surface area contributed by atoms with E-state index in [4.69, 9.17) is 32.9 Å². The molecule has 7 nitrogen and oxygen atoms in total. The highest BCUT2D eigenvalue weighted by Crippen LogP contribution is 2.39. The Balaban J connectivity index is 0.00000111. The molecule has 33 heavy (non-hydrogen) atoms. The molecule has 4 heterocycles. The summed E-state index contributed by atoms with van der Waals surface area (Å²) in [5.41, 5.74) is 2.80. The number of nitrogens with zero attached hydrogens (tertiary/aromatic N) is 5. The zero-order valence-electron chi connectivity index (χ0n) is 18.5. The molecule has 3 aliphatic rings. The van der Waals surface area contributed by atoms with Gasteiger partial charge in [0, 0.05) is 16.6 Å². The number of anilines is 2. The monoisotopic (exact) mass is 492 g/mol. The van der Waals surface area contributed by atoms with Crippen molar-refractivity contribution in [3.63, 3.8) is 0 Å². The summed E-state index contributed by atoms with van der Waals surface area (Å²) in [6, 6.07) is 5.14. The number of aromatic nitrogens is 4. The number of piperidine rings is 1.